The number of carbonyl (C=O) groups excluding carboxylic acids is 1. The van der Waals surface area contributed by atoms with Gasteiger partial charge in [0.1, 0.15) is 6.61 Å². The first-order chi connectivity index (χ1) is 16.8. The summed E-state index contributed by atoms with van der Waals surface area (Å²) < 4.78 is 23.7. The number of halogens is 1. The SMILES string of the molecule is CC(=O)N1CCC(F)(c2cc3c(=N[C@H](C)c4cccc(C#N)c4C)nc4n(c3cn2)CCO4)CC1. The molecule has 0 bridgehead atoms. The van der Waals surface area contributed by atoms with Gasteiger partial charge in [0, 0.05) is 38.2 Å². The maximum Gasteiger partial charge on any atom is 0.298 e. The van der Waals surface area contributed by atoms with E-state index >= 15 is 4.39 Å². The summed E-state index contributed by atoms with van der Waals surface area (Å²) in [4.78, 5) is 27.4. The minimum atomic E-state index is -1.62. The van der Waals surface area contributed by atoms with Crippen molar-refractivity contribution < 1.29 is 13.9 Å². The number of carbonyl (C=O) groups is 1. The summed E-state index contributed by atoms with van der Waals surface area (Å²) in [5.74, 6) is -0.0412. The lowest BCUT2D eigenvalue weighted by Crippen LogP contribution is -2.42. The summed E-state index contributed by atoms with van der Waals surface area (Å²) in [7, 11) is 0. The second-order valence-electron chi connectivity index (χ2n) is 9.21. The van der Waals surface area contributed by atoms with Gasteiger partial charge in [-0.05, 0) is 37.1 Å². The highest BCUT2D eigenvalue weighted by Crippen LogP contribution is 2.37. The summed E-state index contributed by atoms with van der Waals surface area (Å²) in [6, 6.07) is 9.75. The van der Waals surface area contributed by atoms with Crippen LogP contribution in [0.1, 0.15) is 55.1 Å². The molecule has 8 nitrogen and oxygen atoms in total. The molecule has 1 aromatic carbocycles. The number of nitrogens with zero attached hydrogens (tertiary/aromatic N) is 6. The van der Waals surface area contributed by atoms with E-state index in [2.05, 4.69) is 16.0 Å². The molecule has 0 spiro atoms. The zero-order valence-electron chi connectivity index (χ0n) is 20.1. The van der Waals surface area contributed by atoms with Crippen molar-refractivity contribution >= 4 is 16.8 Å². The van der Waals surface area contributed by atoms with Crippen molar-refractivity contribution in [1.82, 2.24) is 19.4 Å². The van der Waals surface area contributed by atoms with Gasteiger partial charge in [-0.1, -0.05) is 12.1 Å². The first-order valence-corrected chi connectivity index (χ1v) is 11.8. The lowest BCUT2D eigenvalue weighted by Gasteiger charge is -2.35. The lowest BCUT2D eigenvalue weighted by atomic mass is 9.89. The number of hydrogen-bond donors (Lipinski definition) is 0. The molecule has 5 rings (SSSR count). The minimum Gasteiger partial charge on any atom is -0.463 e. The van der Waals surface area contributed by atoms with E-state index in [4.69, 9.17) is 9.73 Å². The quantitative estimate of drug-likeness (QED) is 0.579. The van der Waals surface area contributed by atoms with E-state index in [0.717, 1.165) is 16.6 Å². The van der Waals surface area contributed by atoms with E-state index < -0.39 is 5.67 Å². The molecule has 1 amide bonds. The number of amides is 1. The van der Waals surface area contributed by atoms with Crippen LogP contribution in [0.4, 0.5) is 4.39 Å². The van der Waals surface area contributed by atoms with E-state index in [9.17, 15) is 10.1 Å². The Bertz CT molecular complexity index is 1430. The van der Waals surface area contributed by atoms with Crippen molar-refractivity contribution in [1.29, 1.82) is 5.26 Å². The average molecular weight is 475 g/mol. The summed E-state index contributed by atoms with van der Waals surface area (Å²) in [5, 5.41) is 10.1. The first-order valence-electron chi connectivity index (χ1n) is 11.8. The zero-order chi connectivity index (χ0) is 24.7. The summed E-state index contributed by atoms with van der Waals surface area (Å²) in [6.45, 7) is 7.23. The third kappa shape index (κ3) is 4.03. The molecule has 0 aliphatic carbocycles. The molecule has 0 radical (unpaired) electrons. The molecule has 1 fully saturated rings. The smallest absolute Gasteiger partial charge is 0.298 e. The standard InChI is InChI=1S/C26H27FN6O2/c1-16-19(14-28)5-4-6-20(16)17(2)30-24-21-13-23(26(27)7-9-32(10-8-26)18(3)34)29-15-22(21)33-11-12-35-25(33)31-24/h4-6,13,15,17H,7-12H2,1-3H3/t17-/m1/s1. The van der Waals surface area contributed by atoms with Crippen molar-refractivity contribution in [3.8, 4) is 12.1 Å². The first kappa shape index (κ1) is 23.0. The summed E-state index contributed by atoms with van der Waals surface area (Å²) >= 11 is 0. The van der Waals surface area contributed by atoms with Gasteiger partial charge in [0.15, 0.2) is 11.2 Å². The number of benzene rings is 1. The second-order valence-corrected chi connectivity index (χ2v) is 9.21. The number of piperidine rings is 1. The molecular weight excluding hydrogens is 447 g/mol. The van der Waals surface area contributed by atoms with E-state index in [1.807, 2.05) is 30.5 Å². The topological polar surface area (TPSA) is 96.4 Å². The number of rotatable bonds is 3. The highest BCUT2D eigenvalue weighted by atomic mass is 19.1. The molecule has 2 aliphatic rings. The van der Waals surface area contributed by atoms with Gasteiger partial charge in [-0.2, -0.15) is 10.2 Å². The van der Waals surface area contributed by atoms with Crippen LogP contribution in [0.25, 0.3) is 10.9 Å². The average Bonchev–Trinajstić information content (AvgIpc) is 3.33. The molecule has 2 aliphatic heterocycles. The van der Waals surface area contributed by atoms with Gasteiger partial charge < -0.3 is 9.64 Å². The van der Waals surface area contributed by atoms with Gasteiger partial charge in [0.2, 0.25) is 5.91 Å². The predicted octanol–water partition coefficient (Wildman–Crippen LogP) is 3.47. The molecule has 4 heterocycles. The van der Waals surface area contributed by atoms with Crippen LogP contribution < -0.4 is 10.2 Å². The fraction of sp³-hybridized carbons (Fsp3) is 0.423. The maximum atomic E-state index is 16.0. The van der Waals surface area contributed by atoms with Gasteiger partial charge in [-0.25, -0.2) is 4.39 Å². The van der Waals surface area contributed by atoms with E-state index in [0.29, 0.717) is 54.4 Å². The zero-order valence-corrected chi connectivity index (χ0v) is 20.1. The summed E-state index contributed by atoms with van der Waals surface area (Å²) in [6.07, 6.45) is 2.07. The van der Waals surface area contributed by atoms with Crippen molar-refractivity contribution in [3.05, 3.63) is 58.3 Å². The van der Waals surface area contributed by atoms with Crippen molar-refractivity contribution in [2.75, 3.05) is 19.7 Å². The van der Waals surface area contributed by atoms with E-state index in [1.165, 1.54) is 6.92 Å². The lowest BCUT2D eigenvalue weighted by molar-refractivity contribution is -0.131. The van der Waals surface area contributed by atoms with Crippen molar-refractivity contribution in [2.24, 2.45) is 4.99 Å². The number of alkyl halides is 1. The molecule has 3 aromatic rings. The number of nitriles is 1. The third-order valence-electron chi connectivity index (χ3n) is 7.12. The molecule has 2 aromatic heterocycles. The normalized spacial score (nSPS) is 18.1. The number of pyridine rings is 1. The van der Waals surface area contributed by atoms with Crippen LogP contribution in [-0.4, -0.2) is 45.0 Å². The largest absolute Gasteiger partial charge is 0.463 e. The Kier molecular flexibility index (Phi) is 5.75. The van der Waals surface area contributed by atoms with Crippen LogP contribution in [0.3, 0.4) is 0 Å². The number of likely N-dealkylation sites (tertiary alicyclic amines) is 1. The van der Waals surface area contributed by atoms with E-state index in [1.54, 1.807) is 23.2 Å². The van der Waals surface area contributed by atoms with Crippen molar-refractivity contribution in [2.45, 2.75) is 51.9 Å². The maximum absolute atomic E-state index is 16.0. The molecular formula is C26H27FN6O2. The Balaban J connectivity index is 1.62. The number of aromatic nitrogens is 3. The number of hydrogen-bond acceptors (Lipinski definition) is 6. The molecule has 0 N–H and O–H groups in total. The van der Waals surface area contributed by atoms with Crippen LogP contribution in [-0.2, 0) is 17.0 Å². The van der Waals surface area contributed by atoms with Crippen LogP contribution in [0.2, 0.25) is 0 Å². The highest BCUT2D eigenvalue weighted by molar-refractivity contribution is 5.78. The van der Waals surface area contributed by atoms with Gasteiger partial charge in [0.25, 0.3) is 6.01 Å². The Labute approximate surface area is 202 Å². The Morgan fingerprint density at radius 2 is 2.09 bits per heavy atom. The second kappa shape index (κ2) is 8.77. The van der Waals surface area contributed by atoms with Crippen LogP contribution in [0.15, 0.2) is 35.5 Å². The van der Waals surface area contributed by atoms with Crippen molar-refractivity contribution in [3.63, 3.8) is 0 Å². The Hall–Kier alpha value is -3.80. The minimum absolute atomic E-state index is 0.0412. The monoisotopic (exact) mass is 474 g/mol. The summed E-state index contributed by atoms with van der Waals surface area (Å²) in [5.41, 5.74) is 2.37. The predicted molar refractivity (Wildman–Crippen MR) is 127 cm³/mol. The molecule has 35 heavy (non-hydrogen) atoms. The van der Waals surface area contributed by atoms with Gasteiger partial charge in [-0.3, -0.25) is 19.3 Å². The Morgan fingerprint density at radius 1 is 1.31 bits per heavy atom. The van der Waals surface area contributed by atoms with Crippen LogP contribution in [0.5, 0.6) is 6.01 Å². The van der Waals surface area contributed by atoms with E-state index in [-0.39, 0.29) is 24.8 Å². The van der Waals surface area contributed by atoms with Gasteiger partial charge >= 0.3 is 0 Å². The Morgan fingerprint density at radius 3 is 2.80 bits per heavy atom. The fourth-order valence-electron chi connectivity index (χ4n) is 4.97. The van der Waals surface area contributed by atoms with Gasteiger partial charge in [0.05, 0.1) is 41.6 Å². The number of fused-ring (bicyclic) bond motifs is 3. The highest BCUT2D eigenvalue weighted by Gasteiger charge is 2.38. The molecule has 0 saturated carbocycles. The fourth-order valence-corrected chi connectivity index (χ4v) is 4.97. The molecule has 0 unspecified atom stereocenters. The van der Waals surface area contributed by atoms with Crippen LogP contribution >= 0.6 is 0 Å². The number of ether oxygens (including phenoxy) is 1. The van der Waals surface area contributed by atoms with Gasteiger partial charge in [-0.15, -0.1) is 0 Å². The molecule has 9 heteroatoms. The third-order valence-corrected chi connectivity index (χ3v) is 7.12. The molecule has 1 saturated heterocycles. The van der Waals surface area contributed by atoms with Crippen LogP contribution in [0, 0.1) is 18.3 Å². The molecule has 180 valence electrons. The molecule has 1 atom stereocenters.